The van der Waals surface area contributed by atoms with Crippen molar-refractivity contribution in [1.29, 1.82) is 0 Å². The minimum Gasteiger partial charge on any atom is -0.367 e. The average Bonchev–Trinajstić information content (AvgIpc) is 3.32. The van der Waals surface area contributed by atoms with Crippen LogP contribution < -0.4 is 4.90 Å². The van der Waals surface area contributed by atoms with Crippen LogP contribution in [-0.2, 0) is 0 Å². The normalized spacial score (nSPS) is 15.6. The third-order valence-electron chi connectivity index (χ3n) is 4.29. The van der Waals surface area contributed by atoms with Crippen LogP contribution in [0.15, 0.2) is 30.7 Å². The summed E-state index contributed by atoms with van der Waals surface area (Å²) in [6.07, 6.45) is 11.6. The summed E-state index contributed by atoms with van der Waals surface area (Å²) in [5.74, 6) is 0.817. The number of hydrogen-bond acceptors (Lipinski definition) is 4. The van der Waals surface area contributed by atoms with E-state index in [0.717, 1.165) is 36.8 Å². The van der Waals surface area contributed by atoms with Gasteiger partial charge in [-0.25, -0.2) is 4.68 Å². The first-order chi connectivity index (χ1) is 11.2. The van der Waals surface area contributed by atoms with Gasteiger partial charge in [0.1, 0.15) is 0 Å². The zero-order chi connectivity index (χ0) is 16.2. The van der Waals surface area contributed by atoms with E-state index in [4.69, 9.17) is 11.6 Å². The number of halogens is 1. The molecule has 0 amide bonds. The molecular formula is C17H23ClN4S. The second kappa shape index (κ2) is 7.58. The van der Waals surface area contributed by atoms with E-state index in [1.54, 1.807) is 12.4 Å². The van der Waals surface area contributed by atoms with Gasteiger partial charge >= 0.3 is 0 Å². The summed E-state index contributed by atoms with van der Waals surface area (Å²) >= 11 is 8.36. The van der Waals surface area contributed by atoms with E-state index >= 15 is 0 Å². The van der Waals surface area contributed by atoms with E-state index in [9.17, 15) is 0 Å². The summed E-state index contributed by atoms with van der Waals surface area (Å²) in [7, 11) is 0. The Morgan fingerprint density at radius 2 is 2.30 bits per heavy atom. The van der Waals surface area contributed by atoms with E-state index in [1.807, 2.05) is 34.8 Å². The van der Waals surface area contributed by atoms with Crippen molar-refractivity contribution in [3.63, 3.8) is 0 Å². The van der Waals surface area contributed by atoms with Crippen molar-refractivity contribution >= 4 is 29.1 Å². The van der Waals surface area contributed by atoms with Crippen molar-refractivity contribution in [2.24, 2.45) is 5.92 Å². The lowest BCUT2D eigenvalue weighted by Crippen LogP contribution is -2.28. The van der Waals surface area contributed by atoms with Crippen molar-refractivity contribution in [2.75, 3.05) is 24.2 Å². The Balaban J connectivity index is 1.79. The summed E-state index contributed by atoms with van der Waals surface area (Å²) in [6, 6.07) is 3.90. The Labute approximate surface area is 147 Å². The molecule has 4 nitrogen and oxygen atoms in total. The molecule has 1 aliphatic rings. The molecule has 3 rings (SSSR count). The molecule has 1 atom stereocenters. The molecule has 0 N–H and O–H groups in total. The largest absolute Gasteiger partial charge is 0.367 e. The molecule has 124 valence electrons. The molecule has 1 unspecified atom stereocenters. The summed E-state index contributed by atoms with van der Waals surface area (Å²) < 4.78 is 1.82. The zero-order valence-corrected chi connectivity index (χ0v) is 15.2. The average molecular weight is 351 g/mol. The van der Waals surface area contributed by atoms with Crippen molar-refractivity contribution in [1.82, 2.24) is 14.8 Å². The van der Waals surface area contributed by atoms with Crippen LogP contribution in [0.25, 0.3) is 5.69 Å². The SMILES string of the molecule is CSC(C)CCN(CC1CC1)c1cn(-c2cccnc2)nc1Cl. The van der Waals surface area contributed by atoms with Crippen LogP contribution in [0.3, 0.4) is 0 Å². The molecule has 1 saturated carbocycles. The van der Waals surface area contributed by atoms with E-state index in [-0.39, 0.29) is 0 Å². The van der Waals surface area contributed by atoms with Gasteiger partial charge in [0, 0.05) is 24.5 Å². The van der Waals surface area contributed by atoms with Gasteiger partial charge in [0.05, 0.1) is 23.8 Å². The van der Waals surface area contributed by atoms with Gasteiger partial charge in [0.25, 0.3) is 0 Å². The molecule has 0 saturated heterocycles. The first-order valence-corrected chi connectivity index (χ1v) is 9.77. The van der Waals surface area contributed by atoms with Gasteiger partial charge in [0.2, 0.25) is 0 Å². The molecule has 0 aromatic carbocycles. The number of pyridine rings is 1. The lowest BCUT2D eigenvalue weighted by molar-refractivity contribution is 0.684. The smallest absolute Gasteiger partial charge is 0.174 e. The molecule has 0 spiro atoms. The van der Waals surface area contributed by atoms with E-state index in [0.29, 0.717) is 10.4 Å². The predicted octanol–water partition coefficient (Wildman–Crippen LogP) is 4.28. The number of nitrogens with zero attached hydrogens (tertiary/aromatic N) is 4. The number of anilines is 1. The fraction of sp³-hybridized carbons (Fsp3) is 0.529. The molecule has 6 heteroatoms. The molecule has 2 aromatic rings. The van der Waals surface area contributed by atoms with Crippen LogP contribution in [0, 0.1) is 5.92 Å². The minimum atomic E-state index is 0.575. The van der Waals surface area contributed by atoms with Crippen LogP contribution in [-0.4, -0.2) is 39.4 Å². The zero-order valence-electron chi connectivity index (χ0n) is 13.7. The van der Waals surface area contributed by atoms with Gasteiger partial charge in [-0.1, -0.05) is 18.5 Å². The highest BCUT2D eigenvalue weighted by Crippen LogP contribution is 2.34. The first-order valence-electron chi connectivity index (χ1n) is 8.10. The first kappa shape index (κ1) is 16.7. The molecule has 1 fully saturated rings. The standard InChI is InChI=1S/C17H23ClN4S/c1-13(23-2)7-9-21(11-14-5-6-14)16-12-22(20-17(16)18)15-4-3-8-19-10-15/h3-4,8,10,12-14H,5-7,9,11H2,1-2H3. The number of thioether (sulfide) groups is 1. The molecule has 23 heavy (non-hydrogen) atoms. The van der Waals surface area contributed by atoms with Gasteiger partial charge in [-0.15, -0.1) is 0 Å². The fourth-order valence-corrected chi connectivity index (χ4v) is 3.15. The Morgan fingerprint density at radius 1 is 1.48 bits per heavy atom. The van der Waals surface area contributed by atoms with Gasteiger partial charge < -0.3 is 4.90 Å². The van der Waals surface area contributed by atoms with Crippen LogP contribution in [0.5, 0.6) is 0 Å². The summed E-state index contributed by atoms with van der Waals surface area (Å²) in [5, 5.41) is 5.70. The molecule has 0 radical (unpaired) electrons. The quantitative estimate of drug-likeness (QED) is 0.711. The fourth-order valence-electron chi connectivity index (χ4n) is 2.56. The highest BCUT2D eigenvalue weighted by atomic mass is 35.5. The van der Waals surface area contributed by atoms with E-state index in [2.05, 4.69) is 28.2 Å². The topological polar surface area (TPSA) is 34.0 Å². The van der Waals surface area contributed by atoms with Crippen LogP contribution in [0.4, 0.5) is 5.69 Å². The van der Waals surface area contributed by atoms with Crippen molar-refractivity contribution in [3.05, 3.63) is 35.9 Å². The van der Waals surface area contributed by atoms with Crippen LogP contribution >= 0.6 is 23.4 Å². The van der Waals surface area contributed by atoms with E-state index in [1.165, 1.54) is 12.8 Å². The number of aromatic nitrogens is 3. The Bertz CT molecular complexity index is 627. The van der Waals surface area contributed by atoms with Crippen molar-refractivity contribution < 1.29 is 0 Å². The van der Waals surface area contributed by atoms with Crippen LogP contribution in [0.2, 0.25) is 5.15 Å². The third kappa shape index (κ3) is 4.42. The Morgan fingerprint density at radius 3 is 2.96 bits per heavy atom. The monoisotopic (exact) mass is 350 g/mol. The lowest BCUT2D eigenvalue weighted by atomic mass is 10.2. The maximum Gasteiger partial charge on any atom is 0.174 e. The van der Waals surface area contributed by atoms with Gasteiger partial charge in [0.15, 0.2) is 5.15 Å². The van der Waals surface area contributed by atoms with Crippen molar-refractivity contribution in [2.45, 2.75) is 31.4 Å². The molecule has 1 aliphatic carbocycles. The van der Waals surface area contributed by atoms with Gasteiger partial charge in [-0.3, -0.25) is 4.98 Å². The summed E-state index contributed by atoms with van der Waals surface area (Å²) in [4.78, 5) is 6.56. The number of hydrogen-bond donors (Lipinski definition) is 0. The molecule has 2 heterocycles. The maximum atomic E-state index is 6.44. The Kier molecular flexibility index (Phi) is 5.49. The second-order valence-corrected chi connectivity index (χ2v) is 7.82. The molecule has 0 bridgehead atoms. The van der Waals surface area contributed by atoms with Gasteiger partial charge in [-0.2, -0.15) is 16.9 Å². The van der Waals surface area contributed by atoms with Gasteiger partial charge in [-0.05, 0) is 43.6 Å². The lowest BCUT2D eigenvalue weighted by Gasteiger charge is -2.24. The highest BCUT2D eigenvalue weighted by Gasteiger charge is 2.26. The maximum absolute atomic E-state index is 6.44. The summed E-state index contributed by atoms with van der Waals surface area (Å²) in [5.41, 5.74) is 1.97. The summed E-state index contributed by atoms with van der Waals surface area (Å²) in [6.45, 7) is 4.39. The van der Waals surface area contributed by atoms with Crippen LogP contribution in [0.1, 0.15) is 26.2 Å². The molecule has 0 aliphatic heterocycles. The third-order valence-corrected chi connectivity index (χ3v) is 5.60. The van der Waals surface area contributed by atoms with E-state index < -0.39 is 0 Å². The van der Waals surface area contributed by atoms with Crippen molar-refractivity contribution in [3.8, 4) is 5.69 Å². The molecule has 2 aromatic heterocycles. The Hall–Kier alpha value is -1.20. The predicted molar refractivity (Wildman–Crippen MR) is 98.9 cm³/mol. The highest BCUT2D eigenvalue weighted by molar-refractivity contribution is 7.99. The minimum absolute atomic E-state index is 0.575. The molecular weight excluding hydrogens is 328 g/mol. The number of rotatable bonds is 8. The second-order valence-electron chi connectivity index (χ2n) is 6.19.